The molecule has 4 rings (SSSR count). The first-order valence-corrected chi connectivity index (χ1v) is 11.2. The Morgan fingerprint density at radius 2 is 1.70 bits per heavy atom. The van der Waals surface area contributed by atoms with Gasteiger partial charge in [0, 0.05) is 37.5 Å². The van der Waals surface area contributed by atoms with Crippen LogP contribution in [-0.4, -0.2) is 55.5 Å². The summed E-state index contributed by atoms with van der Waals surface area (Å²) in [5.41, 5.74) is 4.63. The maximum atomic E-state index is 12.6. The summed E-state index contributed by atoms with van der Waals surface area (Å²) in [6, 6.07) is 16.1. The highest BCUT2D eigenvalue weighted by atomic mass is 16.5. The van der Waals surface area contributed by atoms with Crippen LogP contribution in [0.5, 0.6) is 0 Å². The molecule has 0 spiro atoms. The van der Waals surface area contributed by atoms with Gasteiger partial charge in [-0.3, -0.25) is 9.59 Å². The van der Waals surface area contributed by atoms with Crippen LogP contribution in [0.25, 0.3) is 11.1 Å². The van der Waals surface area contributed by atoms with E-state index in [1.165, 1.54) is 11.1 Å². The molecular weight excluding hydrogens is 424 g/mol. The second kappa shape index (κ2) is 10.5. The smallest absolute Gasteiger partial charge is 0.407 e. The lowest BCUT2D eigenvalue weighted by Gasteiger charge is -2.31. The Morgan fingerprint density at radius 3 is 2.36 bits per heavy atom. The molecular formula is C25H28N2O6. The van der Waals surface area contributed by atoms with Gasteiger partial charge in [-0.2, -0.15) is 0 Å². The van der Waals surface area contributed by atoms with Gasteiger partial charge in [0.1, 0.15) is 6.61 Å². The summed E-state index contributed by atoms with van der Waals surface area (Å²) in [5.74, 6) is -1.45. The third-order valence-electron chi connectivity index (χ3n) is 6.23. The molecule has 2 amide bonds. The van der Waals surface area contributed by atoms with Crippen molar-refractivity contribution in [2.75, 3.05) is 26.4 Å². The van der Waals surface area contributed by atoms with Crippen molar-refractivity contribution < 1.29 is 29.0 Å². The lowest BCUT2D eigenvalue weighted by atomic mass is 9.92. The Labute approximate surface area is 192 Å². The second-order valence-electron chi connectivity index (χ2n) is 8.40. The van der Waals surface area contributed by atoms with E-state index in [1.54, 1.807) is 0 Å². The molecule has 174 valence electrons. The van der Waals surface area contributed by atoms with Gasteiger partial charge in [-0.1, -0.05) is 48.5 Å². The number of carboxylic acid groups (broad SMARTS) is 1. The number of benzene rings is 2. The fraction of sp³-hybridized carbons (Fsp3) is 0.400. The number of ether oxygens (including phenoxy) is 2. The number of carbonyl (C=O) groups is 3. The van der Waals surface area contributed by atoms with Crippen LogP contribution in [0.3, 0.4) is 0 Å². The van der Waals surface area contributed by atoms with E-state index in [0.29, 0.717) is 19.6 Å². The summed E-state index contributed by atoms with van der Waals surface area (Å²) < 4.78 is 11.1. The molecule has 0 aromatic heterocycles. The number of carboxylic acids is 1. The first-order valence-electron chi connectivity index (χ1n) is 11.2. The number of hydrogen-bond acceptors (Lipinski definition) is 5. The third kappa shape index (κ3) is 5.51. The van der Waals surface area contributed by atoms with Crippen molar-refractivity contribution >= 4 is 18.0 Å². The molecule has 0 saturated carbocycles. The minimum atomic E-state index is -0.967. The zero-order chi connectivity index (χ0) is 23.2. The third-order valence-corrected chi connectivity index (χ3v) is 6.23. The minimum Gasteiger partial charge on any atom is -0.481 e. The van der Waals surface area contributed by atoms with Gasteiger partial charge in [-0.15, -0.1) is 0 Å². The summed E-state index contributed by atoms with van der Waals surface area (Å²) in [4.78, 5) is 35.4. The molecule has 2 unspecified atom stereocenters. The fourth-order valence-corrected chi connectivity index (χ4v) is 4.60. The van der Waals surface area contributed by atoms with E-state index in [-0.39, 0.29) is 49.8 Å². The predicted molar refractivity (Wildman–Crippen MR) is 121 cm³/mol. The topological polar surface area (TPSA) is 114 Å². The Morgan fingerprint density at radius 1 is 1.03 bits per heavy atom. The largest absolute Gasteiger partial charge is 0.481 e. The molecule has 0 radical (unpaired) electrons. The molecule has 3 N–H and O–H groups in total. The van der Waals surface area contributed by atoms with Crippen LogP contribution in [0, 0.1) is 5.92 Å². The molecule has 1 aliphatic carbocycles. The maximum absolute atomic E-state index is 12.6. The summed E-state index contributed by atoms with van der Waals surface area (Å²) in [6.45, 7) is 1.14. The van der Waals surface area contributed by atoms with Crippen LogP contribution in [0.1, 0.15) is 36.3 Å². The van der Waals surface area contributed by atoms with E-state index in [1.807, 2.05) is 24.3 Å². The molecule has 1 heterocycles. The highest BCUT2D eigenvalue weighted by Gasteiger charge is 2.31. The SMILES string of the molecule is O=C(O)CCNC(=O)CC1COCCC1NC(=O)OCC1c2ccccc2-c2ccccc21. The summed E-state index contributed by atoms with van der Waals surface area (Å²) in [7, 11) is 0. The first-order chi connectivity index (χ1) is 16.0. The van der Waals surface area contributed by atoms with E-state index < -0.39 is 12.1 Å². The summed E-state index contributed by atoms with van der Waals surface area (Å²) >= 11 is 0. The lowest BCUT2D eigenvalue weighted by molar-refractivity contribution is -0.137. The van der Waals surface area contributed by atoms with Gasteiger partial charge in [0.05, 0.1) is 13.0 Å². The van der Waals surface area contributed by atoms with Crippen molar-refractivity contribution in [1.29, 1.82) is 0 Å². The number of hydrogen-bond donors (Lipinski definition) is 3. The Balaban J connectivity index is 1.32. The van der Waals surface area contributed by atoms with Gasteiger partial charge < -0.3 is 25.2 Å². The highest BCUT2D eigenvalue weighted by Crippen LogP contribution is 2.44. The average molecular weight is 453 g/mol. The van der Waals surface area contributed by atoms with Gasteiger partial charge in [0.15, 0.2) is 0 Å². The minimum absolute atomic E-state index is 0.0198. The van der Waals surface area contributed by atoms with Crippen LogP contribution in [-0.2, 0) is 19.1 Å². The zero-order valence-electron chi connectivity index (χ0n) is 18.3. The van der Waals surface area contributed by atoms with Crippen molar-refractivity contribution in [2.24, 2.45) is 5.92 Å². The van der Waals surface area contributed by atoms with Crippen molar-refractivity contribution in [3.63, 3.8) is 0 Å². The van der Waals surface area contributed by atoms with Gasteiger partial charge in [-0.25, -0.2) is 4.79 Å². The molecule has 2 aromatic rings. The van der Waals surface area contributed by atoms with E-state index in [2.05, 4.69) is 34.9 Å². The number of nitrogens with one attached hydrogen (secondary N) is 2. The first kappa shape index (κ1) is 22.8. The molecule has 1 aliphatic heterocycles. The summed E-state index contributed by atoms with van der Waals surface area (Å²) in [6.07, 6.45) is 0.0829. The van der Waals surface area contributed by atoms with Gasteiger partial charge in [0.2, 0.25) is 5.91 Å². The quantitative estimate of drug-likeness (QED) is 0.568. The Hall–Kier alpha value is -3.39. The number of amides is 2. The van der Waals surface area contributed by atoms with Crippen molar-refractivity contribution in [3.05, 3.63) is 59.7 Å². The van der Waals surface area contributed by atoms with Crippen molar-refractivity contribution in [2.45, 2.75) is 31.2 Å². The molecule has 33 heavy (non-hydrogen) atoms. The van der Waals surface area contributed by atoms with Crippen LogP contribution in [0.2, 0.25) is 0 Å². The van der Waals surface area contributed by atoms with Crippen molar-refractivity contribution in [3.8, 4) is 11.1 Å². The predicted octanol–water partition coefficient (Wildman–Crippen LogP) is 2.91. The lowest BCUT2D eigenvalue weighted by Crippen LogP contribution is -2.47. The van der Waals surface area contributed by atoms with Gasteiger partial charge in [0.25, 0.3) is 0 Å². The van der Waals surface area contributed by atoms with Gasteiger partial charge >= 0.3 is 12.1 Å². The second-order valence-corrected chi connectivity index (χ2v) is 8.40. The van der Waals surface area contributed by atoms with E-state index in [4.69, 9.17) is 14.6 Å². The number of alkyl carbamates (subject to hydrolysis) is 1. The normalized spacial score (nSPS) is 19.3. The van der Waals surface area contributed by atoms with E-state index >= 15 is 0 Å². The van der Waals surface area contributed by atoms with Crippen LogP contribution >= 0.6 is 0 Å². The van der Waals surface area contributed by atoms with Gasteiger partial charge in [-0.05, 0) is 28.7 Å². The number of aliphatic carboxylic acids is 1. The van der Waals surface area contributed by atoms with Crippen LogP contribution < -0.4 is 10.6 Å². The van der Waals surface area contributed by atoms with E-state index in [9.17, 15) is 14.4 Å². The highest BCUT2D eigenvalue weighted by molar-refractivity contribution is 5.79. The molecule has 1 saturated heterocycles. The van der Waals surface area contributed by atoms with Crippen LogP contribution in [0.4, 0.5) is 4.79 Å². The number of carbonyl (C=O) groups excluding carboxylic acids is 2. The Bertz CT molecular complexity index is 978. The average Bonchev–Trinajstić information content (AvgIpc) is 3.12. The van der Waals surface area contributed by atoms with Crippen molar-refractivity contribution in [1.82, 2.24) is 10.6 Å². The molecule has 8 nitrogen and oxygen atoms in total. The molecule has 2 atom stereocenters. The molecule has 0 bridgehead atoms. The molecule has 8 heteroatoms. The summed E-state index contributed by atoms with van der Waals surface area (Å²) in [5, 5.41) is 14.2. The zero-order valence-corrected chi connectivity index (χ0v) is 18.3. The Kier molecular flexibility index (Phi) is 7.24. The van der Waals surface area contributed by atoms with Crippen LogP contribution in [0.15, 0.2) is 48.5 Å². The monoisotopic (exact) mass is 452 g/mol. The number of rotatable bonds is 8. The maximum Gasteiger partial charge on any atom is 0.407 e. The molecule has 2 aliphatic rings. The standard InChI is InChI=1S/C25H28N2O6/c28-23(26-11-9-24(29)30)13-16-14-32-12-10-22(16)27-25(31)33-15-21-19-7-3-1-5-17(19)18-6-2-4-8-20(18)21/h1-8,16,21-22H,9-15H2,(H,26,28)(H,27,31)(H,29,30). The molecule has 2 aromatic carbocycles. The molecule has 1 fully saturated rings. The van der Waals surface area contributed by atoms with E-state index in [0.717, 1.165) is 11.1 Å². The fourth-order valence-electron chi connectivity index (χ4n) is 4.60. The number of fused-ring (bicyclic) bond motifs is 3.